The smallest absolute Gasteiger partial charge is 0.240 e. The molecule has 4 N–H and O–H groups in total. The Balaban J connectivity index is 1.93. The first-order chi connectivity index (χ1) is 10.0. The number of nitrogens with zero attached hydrogens (tertiary/aromatic N) is 1. The van der Waals surface area contributed by atoms with Gasteiger partial charge >= 0.3 is 0 Å². The number of nitrogens with two attached hydrogens (primary N) is 1. The van der Waals surface area contributed by atoms with Gasteiger partial charge in [0.25, 0.3) is 0 Å². The number of hydrogen-bond donors (Lipinski definition) is 3. The highest BCUT2D eigenvalue weighted by Gasteiger charge is 2.14. The summed E-state index contributed by atoms with van der Waals surface area (Å²) >= 11 is 0. The summed E-state index contributed by atoms with van der Waals surface area (Å²) in [5.41, 5.74) is 7.42. The highest BCUT2D eigenvalue weighted by Crippen LogP contribution is 2.15. The molecule has 0 aliphatic carbocycles. The van der Waals surface area contributed by atoms with Gasteiger partial charge in [-0.05, 0) is 36.6 Å². The number of H-pyrrole nitrogens is 1. The van der Waals surface area contributed by atoms with Crippen LogP contribution in [0.25, 0.3) is 0 Å². The van der Waals surface area contributed by atoms with Gasteiger partial charge in [-0.15, -0.1) is 0 Å². The van der Waals surface area contributed by atoms with Crippen molar-refractivity contribution >= 4 is 10.0 Å². The molecule has 7 heteroatoms. The maximum atomic E-state index is 12.2. The van der Waals surface area contributed by atoms with Crippen molar-refractivity contribution < 1.29 is 8.42 Å². The standard InChI is InChI=1S/C14H20N4O2S/c1-11-9-13(5-4-12(11)10-15)21(19,20)18-6-2-3-14-16-7-8-17-14/h4-5,7-9,18H,2-3,6,10,15H2,1H3,(H,16,17). The van der Waals surface area contributed by atoms with Crippen LogP contribution in [0.4, 0.5) is 0 Å². The SMILES string of the molecule is Cc1cc(S(=O)(=O)NCCCc2ncc[nH]2)ccc1CN. The number of nitrogens with one attached hydrogen (secondary N) is 2. The fourth-order valence-electron chi connectivity index (χ4n) is 2.04. The van der Waals surface area contributed by atoms with Crippen LogP contribution in [-0.4, -0.2) is 24.9 Å². The number of aromatic nitrogens is 2. The zero-order valence-electron chi connectivity index (χ0n) is 12.0. The normalized spacial score (nSPS) is 11.7. The van der Waals surface area contributed by atoms with Gasteiger partial charge in [-0.2, -0.15) is 0 Å². The van der Waals surface area contributed by atoms with E-state index in [4.69, 9.17) is 5.73 Å². The van der Waals surface area contributed by atoms with E-state index < -0.39 is 10.0 Å². The predicted molar refractivity (Wildman–Crippen MR) is 81.2 cm³/mol. The molecule has 0 fully saturated rings. The Hall–Kier alpha value is -1.70. The maximum Gasteiger partial charge on any atom is 0.240 e. The molecule has 1 aromatic heterocycles. The van der Waals surface area contributed by atoms with E-state index in [1.807, 2.05) is 6.92 Å². The van der Waals surface area contributed by atoms with Gasteiger partial charge in [-0.3, -0.25) is 0 Å². The predicted octanol–water partition coefficient (Wildman–Crippen LogP) is 1.09. The topological polar surface area (TPSA) is 101 Å². The molecule has 6 nitrogen and oxygen atoms in total. The Morgan fingerprint density at radius 2 is 2.19 bits per heavy atom. The zero-order valence-corrected chi connectivity index (χ0v) is 12.8. The Labute approximate surface area is 124 Å². The maximum absolute atomic E-state index is 12.2. The summed E-state index contributed by atoms with van der Waals surface area (Å²) < 4.78 is 27.0. The average molecular weight is 308 g/mol. The first-order valence-electron chi connectivity index (χ1n) is 6.80. The minimum atomic E-state index is -3.47. The molecule has 114 valence electrons. The molecule has 0 radical (unpaired) electrons. The minimum absolute atomic E-state index is 0.273. The molecular formula is C14H20N4O2S. The van der Waals surface area contributed by atoms with Crippen molar-refractivity contribution in [3.63, 3.8) is 0 Å². The van der Waals surface area contributed by atoms with Gasteiger partial charge < -0.3 is 10.7 Å². The van der Waals surface area contributed by atoms with E-state index in [-0.39, 0.29) is 4.90 Å². The Kier molecular flexibility index (Phi) is 5.11. The van der Waals surface area contributed by atoms with Gasteiger partial charge in [-0.25, -0.2) is 18.1 Å². The molecule has 2 aromatic rings. The van der Waals surface area contributed by atoms with Gasteiger partial charge in [0.05, 0.1) is 4.90 Å². The molecule has 0 saturated heterocycles. The van der Waals surface area contributed by atoms with Crippen molar-refractivity contribution in [1.29, 1.82) is 0 Å². The van der Waals surface area contributed by atoms with Crippen LogP contribution in [-0.2, 0) is 23.0 Å². The number of hydrogen-bond acceptors (Lipinski definition) is 4. The fourth-order valence-corrected chi connectivity index (χ4v) is 3.20. The second kappa shape index (κ2) is 6.84. The van der Waals surface area contributed by atoms with Gasteiger partial charge in [0.15, 0.2) is 0 Å². The summed E-state index contributed by atoms with van der Waals surface area (Å²) in [6, 6.07) is 4.99. The van der Waals surface area contributed by atoms with E-state index in [1.165, 1.54) is 0 Å². The monoisotopic (exact) mass is 308 g/mol. The molecule has 2 rings (SSSR count). The lowest BCUT2D eigenvalue weighted by Crippen LogP contribution is -2.25. The molecular weight excluding hydrogens is 288 g/mol. The first-order valence-corrected chi connectivity index (χ1v) is 8.29. The first kappa shape index (κ1) is 15.7. The highest BCUT2D eigenvalue weighted by molar-refractivity contribution is 7.89. The molecule has 21 heavy (non-hydrogen) atoms. The number of imidazole rings is 1. The van der Waals surface area contributed by atoms with Crippen LogP contribution in [0.2, 0.25) is 0 Å². The van der Waals surface area contributed by atoms with Gasteiger partial charge in [-0.1, -0.05) is 6.07 Å². The number of aromatic amines is 1. The summed E-state index contributed by atoms with van der Waals surface area (Å²) in [6.07, 6.45) is 4.83. The van der Waals surface area contributed by atoms with E-state index in [0.717, 1.165) is 17.0 Å². The van der Waals surface area contributed by atoms with Crippen LogP contribution < -0.4 is 10.5 Å². The molecule has 0 atom stereocenters. The Bertz CT molecular complexity index is 681. The Morgan fingerprint density at radius 1 is 1.38 bits per heavy atom. The van der Waals surface area contributed by atoms with Crippen molar-refractivity contribution in [3.8, 4) is 0 Å². The summed E-state index contributed by atoms with van der Waals surface area (Å²) in [6.45, 7) is 2.64. The number of benzene rings is 1. The van der Waals surface area contributed by atoms with Gasteiger partial charge in [0, 0.05) is 31.9 Å². The molecule has 0 aliphatic heterocycles. The third kappa shape index (κ3) is 4.13. The zero-order chi connectivity index (χ0) is 15.3. The largest absolute Gasteiger partial charge is 0.349 e. The molecule has 0 unspecified atom stereocenters. The fraction of sp³-hybridized carbons (Fsp3) is 0.357. The molecule has 0 bridgehead atoms. The summed E-state index contributed by atoms with van der Waals surface area (Å²) in [4.78, 5) is 7.35. The third-order valence-corrected chi connectivity index (χ3v) is 4.74. The number of sulfonamides is 1. The molecule has 0 saturated carbocycles. The summed E-state index contributed by atoms with van der Waals surface area (Å²) in [5.74, 6) is 0.859. The minimum Gasteiger partial charge on any atom is -0.349 e. The van der Waals surface area contributed by atoms with Gasteiger partial charge in [0.2, 0.25) is 10.0 Å². The van der Waals surface area contributed by atoms with Crippen molar-refractivity contribution in [2.45, 2.75) is 31.2 Å². The molecule has 1 aromatic carbocycles. The van der Waals surface area contributed by atoms with E-state index in [0.29, 0.717) is 25.9 Å². The molecule has 1 heterocycles. The van der Waals surface area contributed by atoms with Crippen molar-refractivity contribution in [2.24, 2.45) is 5.73 Å². The second-order valence-electron chi connectivity index (χ2n) is 4.83. The number of rotatable bonds is 7. The average Bonchev–Trinajstić information content (AvgIpc) is 2.97. The number of aryl methyl sites for hydroxylation is 2. The second-order valence-corrected chi connectivity index (χ2v) is 6.60. The van der Waals surface area contributed by atoms with Crippen LogP contribution in [0, 0.1) is 6.92 Å². The molecule has 0 amide bonds. The lowest BCUT2D eigenvalue weighted by atomic mass is 10.1. The van der Waals surface area contributed by atoms with Crippen LogP contribution in [0.15, 0.2) is 35.5 Å². The van der Waals surface area contributed by atoms with Crippen molar-refractivity contribution in [1.82, 2.24) is 14.7 Å². The lowest BCUT2D eigenvalue weighted by molar-refractivity contribution is 0.578. The third-order valence-electron chi connectivity index (χ3n) is 3.28. The summed E-state index contributed by atoms with van der Waals surface area (Å²) in [5, 5.41) is 0. The van der Waals surface area contributed by atoms with E-state index in [1.54, 1.807) is 30.6 Å². The summed E-state index contributed by atoms with van der Waals surface area (Å²) in [7, 11) is -3.47. The quantitative estimate of drug-likeness (QED) is 0.666. The van der Waals surface area contributed by atoms with Gasteiger partial charge in [0.1, 0.15) is 5.82 Å². The molecule has 0 aliphatic rings. The lowest BCUT2D eigenvalue weighted by Gasteiger charge is -2.09. The van der Waals surface area contributed by atoms with Crippen molar-refractivity contribution in [2.75, 3.05) is 6.54 Å². The Morgan fingerprint density at radius 3 is 2.81 bits per heavy atom. The van der Waals surface area contributed by atoms with E-state index >= 15 is 0 Å². The van der Waals surface area contributed by atoms with Crippen LogP contribution in [0.5, 0.6) is 0 Å². The molecule has 0 spiro atoms. The van der Waals surface area contributed by atoms with Crippen LogP contribution in [0.3, 0.4) is 0 Å². The van der Waals surface area contributed by atoms with Crippen LogP contribution >= 0.6 is 0 Å². The highest BCUT2D eigenvalue weighted by atomic mass is 32.2. The van der Waals surface area contributed by atoms with E-state index in [9.17, 15) is 8.42 Å². The van der Waals surface area contributed by atoms with Crippen LogP contribution in [0.1, 0.15) is 23.4 Å². The van der Waals surface area contributed by atoms with Crippen molar-refractivity contribution in [3.05, 3.63) is 47.5 Å². The van der Waals surface area contributed by atoms with E-state index in [2.05, 4.69) is 14.7 Å².